The zero-order valence-corrected chi connectivity index (χ0v) is 10.9. The van der Waals surface area contributed by atoms with Crippen LogP contribution in [-0.4, -0.2) is 29.6 Å². The van der Waals surface area contributed by atoms with E-state index in [0.717, 1.165) is 6.42 Å². The number of piperidine rings is 1. The highest BCUT2D eigenvalue weighted by molar-refractivity contribution is 5.44. The van der Waals surface area contributed by atoms with Gasteiger partial charge in [0.2, 0.25) is 0 Å². The van der Waals surface area contributed by atoms with Crippen LogP contribution in [0.5, 0.6) is 5.75 Å². The minimum Gasteiger partial charge on any atom is -0.508 e. The van der Waals surface area contributed by atoms with Crippen LogP contribution >= 0.6 is 0 Å². The SMILES string of the molecule is CC1[C@@H]2Cc3ccc(O)cc3[C@@]1(C)CCN2C. The second-order valence-corrected chi connectivity index (χ2v) is 6.05. The van der Waals surface area contributed by atoms with Crippen molar-refractivity contribution in [2.45, 2.75) is 38.1 Å². The largest absolute Gasteiger partial charge is 0.508 e. The molecule has 0 radical (unpaired) electrons. The van der Waals surface area contributed by atoms with Crippen LogP contribution in [0, 0.1) is 5.92 Å². The molecule has 3 rings (SSSR count). The van der Waals surface area contributed by atoms with Crippen molar-refractivity contribution >= 4 is 0 Å². The molecule has 0 aromatic heterocycles. The molecule has 1 N–H and O–H groups in total. The number of aromatic hydroxyl groups is 1. The van der Waals surface area contributed by atoms with Crippen molar-refractivity contribution in [3.05, 3.63) is 29.3 Å². The monoisotopic (exact) mass is 231 g/mol. The fourth-order valence-electron chi connectivity index (χ4n) is 3.82. The molecule has 3 atom stereocenters. The predicted molar refractivity (Wildman–Crippen MR) is 69.4 cm³/mol. The van der Waals surface area contributed by atoms with Gasteiger partial charge in [-0.05, 0) is 61.0 Å². The molecule has 0 saturated carbocycles. The molecule has 1 fully saturated rings. The quantitative estimate of drug-likeness (QED) is 0.741. The Morgan fingerprint density at radius 2 is 2.18 bits per heavy atom. The van der Waals surface area contributed by atoms with Gasteiger partial charge in [-0.15, -0.1) is 0 Å². The van der Waals surface area contributed by atoms with Gasteiger partial charge in [-0.1, -0.05) is 19.9 Å². The fourth-order valence-corrected chi connectivity index (χ4v) is 3.82. The van der Waals surface area contributed by atoms with Crippen LogP contribution in [0.4, 0.5) is 0 Å². The van der Waals surface area contributed by atoms with E-state index in [9.17, 15) is 5.11 Å². The molecule has 1 aliphatic carbocycles. The Morgan fingerprint density at radius 3 is 2.94 bits per heavy atom. The van der Waals surface area contributed by atoms with Crippen LogP contribution < -0.4 is 0 Å². The number of hydrogen-bond donors (Lipinski definition) is 1. The number of fused-ring (bicyclic) bond motifs is 4. The van der Waals surface area contributed by atoms with Gasteiger partial charge in [-0.3, -0.25) is 0 Å². The molecule has 2 nitrogen and oxygen atoms in total. The molecule has 2 aliphatic rings. The summed E-state index contributed by atoms with van der Waals surface area (Å²) in [5.41, 5.74) is 3.05. The maximum atomic E-state index is 9.73. The number of likely N-dealkylation sites (N-methyl/N-ethyl adjacent to an activating group) is 1. The molecule has 92 valence electrons. The Morgan fingerprint density at radius 1 is 1.41 bits per heavy atom. The first-order chi connectivity index (χ1) is 8.02. The summed E-state index contributed by atoms with van der Waals surface area (Å²) in [5, 5.41) is 9.73. The lowest BCUT2D eigenvalue weighted by Gasteiger charge is -2.53. The number of rotatable bonds is 0. The van der Waals surface area contributed by atoms with E-state index in [4.69, 9.17) is 0 Å². The van der Waals surface area contributed by atoms with Gasteiger partial charge in [-0.2, -0.15) is 0 Å². The van der Waals surface area contributed by atoms with Gasteiger partial charge < -0.3 is 10.0 Å². The standard InChI is InChI=1S/C15H21NO/c1-10-14-8-11-4-5-12(17)9-13(11)15(10,2)6-7-16(14)3/h4-5,9-10,14,17H,6-8H2,1-3H3/t10?,14-,15-/m0/s1. The second kappa shape index (κ2) is 3.49. The molecule has 0 spiro atoms. The van der Waals surface area contributed by atoms with Gasteiger partial charge in [0, 0.05) is 6.04 Å². The molecule has 2 bridgehead atoms. The van der Waals surface area contributed by atoms with Gasteiger partial charge in [0.15, 0.2) is 0 Å². The molecule has 1 unspecified atom stereocenters. The highest BCUT2D eigenvalue weighted by Gasteiger charge is 2.47. The van der Waals surface area contributed by atoms with Crippen LogP contribution in [0.3, 0.4) is 0 Å². The van der Waals surface area contributed by atoms with Gasteiger partial charge in [-0.25, -0.2) is 0 Å². The topological polar surface area (TPSA) is 23.5 Å². The van der Waals surface area contributed by atoms with Crippen LogP contribution in [0.25, 0.3) is 0 Å². The first-order valence-electron chi connectivity index (χ1n) is 6.55. The van der Waals surface area contributed by atoms with E-state index in [1.807, 2.05) is 12.1 Å². The normalized spacial score (nSPS) is 36.6. The van der Waals surface area contributed by atoms with E-state index in [0.29, 0.717) is 17.7 Å². The van der Waals surface area contributed by atoms with E-state index >= 15 is 0 Å². The molecule has 17 heavy (non-hydrogen) atoms. The van der Waals surface area contributed by atoms with E-state index in [1.54, 1.807) is 0 Å². The minimum absolute atomic E-state index is 0.240. The van der Waals surface area contributed by atoms with E-state index < -0.39 is 0 Å². The van der Waals surface area contributed by atoms with Crippen LogP contribution in [0.1, 0.15) is 31.4 Å². The maximum absolute atomic E-state index is 9.73. The van der Waals surface area contributed by atoms with Crippen molar-refractivity contribution in [2.24, 2.45) is 5.92 Å². The summed E-state index contributed by atoms with van der Waals surface area (Å²) >= 11 is 0. The van der Waals surface area contributed by atoms with Crippen LogP contribution in [0.2, 0.25) is 0 Å². The maximum Gasteiger partial charge on any atom is 0.115 e. The van der Waals surface area contributed by atoms with Gasteiger partial charge in [0.25, 0.3) is 0 Å². The average Bonchev–Trinajstić information content (AvgIpc) is 2.30. The lowest BCUT2D eigenvalue weighted by Crippen LogP contribution is -2.56. The smallest absolute Gasteiger partial charge is 0.115 e. The van der Waals surface area contributed by atoms with Gasteiger partial charge >= 0.3 is 0 Å². The van der Waals surface area contributed by atoms with Crippen molar-refractivity contribution in [1.29, 1.82) is 0 Å². The summed E-state index contributed by atoms with van der Waals surface area (Å²) in [6.45, 7) is 5.91. The highest BCUT2D eigenvalue weighted by Crippen LogP contribution is 2.48. The zero-order chi connectivity index (χ0) is 12.2. The van der Waals surface area contributed by atoms with Crippen molar-refractivity contribution in [3.8, 4) is 5.75 Å². The van der Waals surface area contributed by atoms with Crippen molar-refractivity contribution < 1.29 is 5.11 Å². The molecular weight excluding hydrogens is 210 g/mol. The molecule has 0 amide bonds. The molecular formula is C15H21NO. The molecule has 1 heterocycles. The number of hydrogen-bond acceptors (Lipinski definition) is 2. The first kappa shape index (κ1) is 11.1. The number of nitrogens with zero attached hydrogens (tertiary/aromatic N) is 1. The zero-order valence-electron chi connectivity index (χ0n) is 10.9. The predicted octanol–water partition coefficient (Wildman–Crippen LogP) is 2.55. The van der Waals surface area contributed by atoms with Gasteiger partial charge in [0.1, 0.15) is 5.75 Å². The van der Waals surface area contributed by atoms with Crippen molar-refractivity contribution in [1.82, 2.24) is 4.90 Å². The summed E-state index contributed by atoms with van der Waals surface area (Å²) in [7, 11) is 2.24. The lowest BCUT2D eigenvalue weighted by atomic mass is 9.59. The Bertz CT molecular complexity index is 456. The molecule has 1 saturated heterocycles. The van der Waals surface area contributed by atoms with Gasteiger partial charge in [0.05, 0.1) is 0 Å². The van der Waals surface area contributed by atoms with Crippen molar-refractivity contribution in [2.75, 3.05) is 13.6 Å². The average molecular weight is 231 g/mol. The van der Waals surface area contributed by atoms with Crippen LogP contribution in [0.15, 0.2) is 18.2 Å². The molecule has 1 aromatic carbocycles. The molecule has 2 heteroatoms. The molecule has 1 aliphatic heterocycles. The van der Waals surface area contributed by atoms with Crippen LogP contribution in [-0.2, 0) is 11.8 Å². The van der Waals surface area contributed by atoms with E-state index in [2.05, 4.69) is 31.9 Å². The lowest BCUT2D eigenvalue weighted by molar-refractivity contribution is 0.0506. The van der Waals surface area contributed by atoms with E-state index in [-0.39, 0.29) is 5.41 Å². The molecule has 1 aromatic rings. The summed E-state index contributed by atoms with van der Waals surface area (Å²) in [5.74, 6) is 1.07. The summed E-state index contributed by atoms with van der Waals surface area (Å²) in [6, 6.07) is 6.59. The Balaban J connectivity index is 2.16. The summed E-state index contributed by atoms with van der Waals surface area (Å²) < 4.78 is 0. The third kappa shape index (κ3) is 1.43. The Labute approximate surface area is 103 Å². The number of benzene rings is 1. The second-order valence-electron chi connectivity index (χ2n) is 6.05. The van der Waals surface area contributed by atoms with Crippen molar-refractivity contribution in [3.63, 3.8) is 0 Å². The minimum atomic E-state index is 0.240. The summed E-state index contributed by atoms with van der Waals surface area (Å²) in [6.07, 6.45) is 2.32. The fraction of sp³-hybridized carbons (Fsp3) is 0.600. The Hall–Kier alpha value is -1.02. The first-order valence-corrected chi connectivity index (χ1v) is 6.55. The highest BCUT2D eigenvalue weighted by atomic mass is 16.3. The number of likely N-dealkylation sites (tertiary alicyclic amines) is 1. The third-order valence-corrected chi connectivity index (χ3v) is 5.27. The van der Waals surface area contributed by atoms with E-state index in [1.165, 1.54) is 24.1 Å². The summed E-state index contributed by atoms with van der Waals surface area (Å²) in [4.78, 5) is 2.50. The Kier molecular flexibility index (Phi) is 2.27. The number of phenols is 1. The number of phenolic OH excluding ortho intramolecular Hbond substituents is 1. The third-order valence-electron chi connectivity index (χ3n) is 5.27.